The van der Waals surface area contributed by atoms with Crippen molar-refractivity contribution < 1.29 is 13.5 Å². The second-order valence-corrected chi connectivity index (χ2v) is 4.37. The number of hydrogen-bond acceptors (Lipinski definition) is 1. The molecule has 0 aliphatic rings. The highest BCUT2D eigenvalue weighted by molar-refractivity contribution is 9.10. The molecule has 17 heavy (non-hydrogen) atoms. The lowest BCUT2D eigenvalue weighted by molar-refractivity contribution is 0.372. The number of ether oxygens (including phenoxy) is 1. The lowest BCUT2D eigenvalue weighted by Crippen LogP contribution is -1.94. The van der Waals surface area contributed by atoms with Crippen LogP contribution in [0.25, 0.3) is 11.1 Å². The third kappa shape index (κ3) is 2.31. The van der Waals surface area contributed by atoms with Crippen LogP contribution in [0.15, 0.2) is 40.9 Å². The van der Waals surface area contributed by atoms with Crippen LogP contribution in [0.5, 0.6) is 5.75 Å². The third-order valence-electron chi connectivity index (χ3n) is 2.42. The molecule has 0 spiro atoms. The van der Waals surface area contributed by atoms with E-state index in [9.17, 15) is 8.78 Å². The van der Waals surface area contributed by atoms with Gasteiger partial charge >= 0.3 is 0 Å². The van der Waals surface area contributed by atoms with Crippen LogP contribution in [0.2, 0.25) is 0 Å². The van der Waals surface area contributed by atoms with Gasteiger partial charge in [0.15, 0.2) is 11.6 Å². The van der Waals surface area contributed by atoms with E-state index in [-0.39, 0.29) is 11.3 Å². The van der Waals surface area contributed by atoms with Crippen LogP contribution >= 0.6 is 15.9 Å². The Hall–Kier alpha value is -1.42. The summed E-state index contributed by atoms with van der Waals surface area (Å²) in [4.78, 5) is 0. The van der Waals surface area contributed by atoms with Crippen LogP contribution in [0.3, 0.4) is 0 Å². The lowest BCUT2D eigenvalue weighted by atomic mass is 10.0. The molecule has 88 valence electrons. The van der Waals surface area contributed by atoms with Crippen molar-refractivity contribution >= 4 is 15.9 Å². The highest BCUT2D eigenvalue weighted by Crippen LogP contribution is 2.30. The van der Waals surface area contributed by atoms with E-state index in [4.69, 9.17) is 4.74 Å². The molecule has 0 heterocycles. The van der Waals surface area contributed by atoms with Crippen LogP contribution in [-0.4, -0.2) is 7.11 Å². The molecule has 2 aromatic rings. The first-order valence-corrected chi connectivity index (χ1v) is 5.70. The van der Waals surface area contributed by atoms with Crippen LogP contribution in [-0.2, 0) is 0 Å². The van der Waals surface area contributed by atoms with Gasteiger partial charge in [0.2, 0.25) is 5.82 Å². The summed E-state index contributed by atoms with van der Waals surface area (Å²) in [6.45, 7) is 0. The van der Waals surface area contributed by atoms with Crippen molar-refractivity contribution in [3.05, 3.63) is 52.5 Å². The summed E-state index contributed by atoms with van der Waals surface area (Å²) in [6.07, 6.45) is 0. The fourth-order valence-electron chi connectivity index (χ4n) is 1.54. The second-order valence-electron chi connectivity index (χ2n) is 3.45. The summed E-state index contributed by atoms with van der Waals surface area (Å²) in [5.41, 5.74) is 0.836. The molecule has 0 saturated carbocycles. The Morgan fingerprint density at radius 1 is 0.941 bits per heavy atom. The molecule has 0 aliphatic carbocycles. The van der Waals surface area contributed by atoms with Crippen LogP contribution in [0.1, 0.15) is 0 Å². The molecule has 0 saturated heterocycles. The van der Waals surface area contributed by atoms with Crippen LogP contribution in [0, 0.1) is 11.6 Å². The zero-order chi connectivity index (χ0) is 12.4. The van der Waals surface area contributed by atoms with E-state index in [1.54, 1.807) is 24.3 Å². The van der Waals surface area contributed by atoms with Crippen molar-refractivity contribution in [3.8, 4) is 16.9 Å². The monoisotopic (exact) mass is 298 g/mol. The molecule has 4 heteroatoms. The number of benzene rings is 2. The maximum Gasteiger partial charge on any atom is 0.201 e. The zero-order valence-electron chi connectivity index (χ0n) is 9.01. The number of rotatable bonds is 2. The summed E-state index contributed by atoms with van der Waals surface area (Å²) in [6, 6.07) is 9.90. The summed E-state index contributed by atoms with van der Waals surface area (Å²) >= 11 is 3.29. The fourth-order valence-corrected chi connectivity index (χ4v) is 1.81. The standard InChI is InChI=1S/C13H9BrF2O/c1-17-11-7-6-10(12(15)13(11)16)8-2-4-9(14)5-3-8/h2-7H,1H3. The zero-order valence-corrected chi connectivity index (χ0v) is 10.6. The fraction of sp³-hybridized carbons (Fsp3) is 0.0769. The van der Waals surface area contributed by atoms with Gasteiger partial charge in [0.05, 0.1) is 7.11 Å². The molecule has 0 N–H and O–H groups in total. The Labute approximate surface area is 106 Å². The highest BCUT2D eigenvalue weighted by Gasteiger charge is 2.14. The van der Waals surface area contributed by atoms with Gasteiger partial charge in [-0.15, -0.1) is 0 Å². The van der Waals surface area contributed by atoms with Gasteiger partial charge in [-0.05, 0) is 29.8 Å². The van der Waals surface area contributed by atoms with Gasteiger partial charge in [-0.3, -0.25) is 0 Å². The maximum atomic E-state index is 13.8. The van der Waals surface area contributed by atoms with E-state index < -0.39 is 11.6 Å². The predicted molar refractivity (Wildman–Crippen MR) is 66.0 cm³/mol. The number of methoxy groups -OCH3 is 1. The second kappa shape index (κ2) is 4.84. The normalized spacial score (nSPS) is 10.4. The SMILES string of the molecule is COc1ccc(-c2ccc(Br)cc2)c(F)c1F. The Bertz CT molecular complexity index is 538. The minimum Gasteiger partial charge on any atom is -0.494 e. The van der Waals surface area contributed by atoms with E-state index in [0.29, 0.717) is 5.56 Å². The lowest BCUT2D eigenvalue weighted by Gasteiger charge is -2.07. The van der Waals surface area contributed by atoms with Gasteiger partial charge in [-0.2, -0.15) is 4.39 Å². The topological polar surface area (TPSA) is 9.23 Å². The molecule has 0 radical (unpaired) electrons. The molecule has 1 nitrogen and oxygen atoms in total. The van der Waals surface area contributed by atoms with Crippen molar-refractivity contribution in [1.29, 1.82) is 0 Å². The first kappa shape index (κ1) is 12.0. The molecule has 0 fully saturated rings. The molecule has 0 aromatic heterocycles. The molecule has 0 bridgehead atoms. The Morgan fingerprint density at radius 3 is 2.18 bits per heavy atom. The van der Waals surface area contributed by atoms with E-state index in [1.807, 2.05) is 0 Å². The van der Waals surface area contributed by atoms with Gasteiger partial charge in [-0.1, -0.05) is 28.1 Å². The molecule has 0 aliphatic heterocycles. The van der Waals surface area contributed by atoms with Gasteiger partial charge < -0.3 is 4.74 Å². The Balaban J connectivity index is 2.53. The summed E-state index contributed by atoms with van der Waals surface area (Å²) < 4.78 is 32.9. The third-order valence-corrected chi connectivity index (χ3v) is 2.95. The first-order chi connectivity index (χ1) is 8.13. The molecular formula is C13H9BrF2O. The van der Waals surface area contributed by atoms with Crippen molar-refractivity contribution in [2.75, 3.05) is 7.11 Å². The highest BCUT2D eigenvalue weighted by atomic mass is 79.9. The predicted octanol–water partition coefficient (Wildman–Crippen LogP) is 4.40. The summed E-state index contributed by atoms with van der Waals surface area (Å²) in [5, 5.41) is 0. The minimum absolute atomic E-state index is 0.0941. The van der Waals surface area contributed by atoms with Crippen molar-refractivity contribution in [3.63, 3.8) is 0 Å². The molecule has 2 aromatic carbocycles. The number of halogens is 3. The van der Waals surface area contributed by atoms with Gasteiger partial charge in [0.25, 0.3) is 0 Å². The van der Waals surface area contributed by atoms with Gasteiger partial charge in [0, 0.05) is 10.0 Å². The summed E-state index contributed by atoms with van der Waals surface area (Å²) in [7, 11) is 1.30. The maximum absolute atomic E-state index is 13.8. The van der Waals surface area contributed by atoms with E-state index >= 15 is 0 Å². The summed E-state index contributed by atoms with van der Waals surface area (Å²) in [5.74, 6) is -1.96. The van der Waals surface area contributed by atoms with E-state index in [2.05, 4.69) is 15.9 Å². The van der Waals surface area contributed by atoms with Crippen LogP contribution in [0.4, 0.5) is 8.78 Å². The Morgan fingerprint density at radius 2 is 1.59 bits per heavy atom. The average Bonchev–Trinajstić information content (AvgIpc) is 2.34. The average molecular weight is 299 g/mol. The smallest absolute Gasteiger partial charge is 0.201 e. The number of hydrogen-bond donors (Lipinski definition) is 0. The van der Waals surface area contributed by atoms with Gasteiger partial charge in [-0.25, -0.2) is 4.39 Å². The largest absolute Gasteiger partial charge is 0.494 e. The van der Waals surface area contributed by atoms with Gasteiger partial charge in [0.1, 0.15) is 0 Å². The molecule has 0 amide bonds. The molecular weight excluding hydrogens is 290 g/mol. The van der Waals surface area contributed by atoms with Crippen molar-refractivity contribution in [2.45, 2.75) is 0 Å². The first-order valence-electron chi connectivity index (χ1n) is 4.91. The van der Waals surface area contributed by atoms with Crippen molar-refractivity contribution in [1.82, 2.24) is 0 Å². The Kier molecular flexibility index (Phi) is 3.43. The van der Waals surface area contributed by atoms with Crippen molar-refractivity contribution in [2.24, 2.45) is 0 Å². The molecule has 0 atom stereocenters. The molecule has 0 unspecified atom stereocenters. The van der Waals surface area contributed by atoms with E-state index in [0.717, 1.165) is 4.47 Å². The van der Waals surface area contributed by atoms with Crippen LogP contribution < -0.4 is 4.74 Å². The minimum atomic E-state index is -0.965. The quantitative estimate of drug-likeness (QED) is 0.798. The molecule has 2 rings (SSSR count). The van der Waals surface area contributed by atoms with E-state index in [1.165, 1.54) is 19.2 Å².